The van der Waals surface area contributed by atoms with Gasteiger partial charge in [-0.05, 0) is 108 Å². The average Bonchev–Trinajstić information content (AvgIpc) is 4.36. The number of phosphoric ester groups is 1. The zero-order valence-corrected chi connectivity index (χ0v) is 50.9. The number of aryl methyl sites for hydroxylation is 2. The number of ketones is 1. The Morgan fingerprint density at radius 2 is 1.38 bits per heavy atom. The van der Waals surface area contributed by atoms with E-state index in [2.05, 4.69) is 76.6 Å². The van der Waals surface area contributed by atoms with Crippen molar-refractivity contribution in [2.24, 2.45) is 0 Å². The fraction of sp³-hybridized carbons (Fsp3) is 0.667. The molecule has 79 heavy (non-hydrogen) atoms. The minimum atomic E-state index is -4.05. The summed E-state index contributed by atoms with van der Waals surface area (Å²) in [5.74, 6) is -1.32. The average molecular weight is 1110 g/mol. The number of nitrogens with one attached hydrogen (secondary N) is 2. The largest absolute Gasteiger partial charge is 0.474 e. The van der Waals surface area contributed by atoms with Crippen LogP contribution in [0.1, 0.15) is 240 Å². The summed E-state index contributed by atoms with van der Waals surface area (Å²) >= 11 is 0. The molecule has 15 nitrogen and oxygen atoms in total. The van der Waals surface area contributed by atoms with Gasteiger partial charge >= 0.3 is 19.8 Å². The second-order valence-electron chi connectivity index (χ2n) is 22.5. The van der Waals surface area contributed by atoms with Gasteiger partial charge in [0.05, 0.1) is 42.1 Å². The van der Waals surface area contributed by atoms with Crippen LogP contribution in [0.3, 0.4) is 0 Å². The summed E-state index contributed by atoms with van der Waals surface area (Å²) in [7, 11) is 0.912. The van der Waals surface area contributed by atoms with E-state index in [1.165, 1.54) is 76.9 Å². The minimum absolute atomic E-state index is 0.0118. The summed E-state index contributed by atoms with van der Waals surface area (Å²) in [6, 6.07) is 6.32. The monoisotopic (exact) mass is 1110 g/mol. The normalized spacial score (nSPS) is 17.2. The number of unbranched alkanes of at least 4 members (excludes halogenated alkanes) is 15. The Bertz CT molecular complexity index is 2700. The number of hydrogen-bond donors (Lipinski definition) is 2. The molecule has 5 unspecified atom stereocenters. The van der Waals surface area contributed by atoms with Crippen LogP contribution in [0.4, 0.5) is 0 Å². The number of aromatic nitrogens is 4. The van der Waals surface area contributed by atoms with Crippen LogP contribution in [0.25, 0.3) is 33.3 Å². The minimum Gasteiger partial charge on any atom is -0.462 e. The van der Waals surface area contributed by atoms with Crippen molar-refractivity contribution in [2.75, 3.05) is 54.2 Å². The molecular formula is C63H96N5O10P. The number of H-pyrrole nitrogens is 2. The van der Waals surface area contributed by atoms with Crippen molar-refractivity contribution in [3.8, 4) is 0 Å². The molecule has 438 valence electrons. The Morgan fingerprint density at radius 3 is 2.03 bits per heavy atom. The van der Waals surface area contributed by atoms with Crippen LogP contribution in [0.2, 0.25) is 0 Å². The van der Waals surface area contributed by atoms with E-state index in [1.807, 2.05) is 25.9 Å². The van der Waals surface area contributed by atoms with Crippen LogP contribution >= 0.6 is 7.82 Å². The van der Waals surface area contributed by atoms with Crippen LogP contribution in [0, 0.1) is 6.92 Å². The summed E-state index contributed by atoms with van der Waals surface area (Å²) in [4.78, 5) is 61.2. The Balaban J connectivity index is 1.23. The maximum absolute atomic E-state index is 14.1. The van der Waals surface area contributed by atoms with Crippen molar-refractivity contribution in [3.63, 3.8) is 0 Å². The Kier molecular flexibility index (Phi) is 25.5. The molecule has 1 aliphatic carbocycles. The van der Waals surface area contributed by atoms with Gasteiger partial charge in [-0.1, -0.05) is 124 Å². The third-order valence-corrected chi connectivity index (χ3v) is 17.6. The quantitative estimate of drug-likeness (QED) is 0.0374. The summed E-state index contributed by atoms with van der Waals surface area (Å²) < 4.78 is 48.2. The third-order valence-electron chi connectivity index (χ3n) is 16.2. The summed E-state index contributed by atoms with van der Waals surface area (Å²) in [6.07, 6.45) is 20.3. The maximum Gasteiger partial charge on any atom is 0.474 e. The summed E-state index contributed by atoms with van der Waals surface area (Å²) in [5.41, 5.74) is 13.4. The number of esters is 2. The standard InChI is InChI=1S/C63H96N5O10P/c1-12-15-17-19-20-21-22-23-24-25-26-27-28-30-58(70)75-40-47(41-77-79(72,73-11)76-35-33-68(9)10)78-59(71)32-31-49-43(5)52-37-53-44(6)60(46(8)74-34-29-18-16-13-2)56(65-53)39-51-42(4)48(14-3)55(64-51)38-54-45(7)61-57(69)36-50(62(49)66-52)63(61)67-54/h37-39,43,46-47,49,64,66H,12-36,40-41H2,1-11H3. The summed E-state index contributed by atoms with van der Waals surface area (Å²) in [5, 5.41) is 0. The molecule has 2 aromatic rings. The first kappa shape index (κ1) is 63.7. The van der Waals surface area contributed by atoms with Gasteiger partial charge in [0.1, 0.15) is 6.61 Å². The zero-order valence-electron chi connectivity index (χ0n) is 50.0. The number of likely N-dealkylation sites (N-methyl/N-ethyl adjacent to an activating group) is 1. The van der Waals surface area contributed by atoms with Gasteiger partial charge in [0.15, 0.2) is 11.9 Å². The fourth-order valence-corrected chi connectivity index (χ4v) is 12.3. The van der Waals surface area contributed by atoms with Gasteiger partial charge in [-0.2, -0.15) is 0 Å². The number of ether oxygens (including phenoxy) is 3. The van der Waals surface area contributed by atoms with Crippen LogP contribution in [0.5, 0.6) is 0 Å². The molecule has 2 N–H and O–H groups in total. The number of carbonyl (C=O) groups excluding carboxylic acids is 3. The van der Waals surface area contributed by atoms with Crippen molar-refractivity contribution in [1.82, 2.24) is 24.8 Å². The van der Waals surface area contributed by atoms with Gasteiger partial charge in [-0.25, -0.2) is 14.5 Å². The van der Waals surface area contributed by atoms with Crippen LogP contribution in [-0.4, -0.2) is 109 Å². The fourth-order valence-electron chi connectivity index (χ4n) is 11.4. The molecule has 0 aromatic carbocycles. The lowest BCUT2D eigenvalue weighted by Gasteiger charge is -2.22. The molecule has 0 saturated heterocycles. The molecule has 6 rings (SSSR count). The number of Topliss-reactive ketones (excluding diaryl/α,β-unsaturated/α-hetero) is 1. The Labute approximate surface area is 472 Å². The number of nitrogens with zero attached hydrogens (tertiary/aromatic N) is 3. The Hall–Kier alpha value is -4.50. The van der Waals surface area contributed by atoms with E-state index in [-0.39, 0.29) is 62.8 Å². The number of aromatic amines is 2. The predicted octanol–water partition coefficient (Wildman–Crippen LogP) is 14.8. The molecule has 3 aliphatic heterocycles. The highest BCUT2D eigenvalue weighted by Gasteiger charge is 2.39. The molecule has 0 saturated carbocycles. The second-order valence-corrected chi connectivity index (χ2v) is 24.3. The van der Waals surface area contributed by atoms with Crippen LogP contribution in [-0.2, 0) is 59.6 Å². The molecule has 4 aliphatic rings. The number of carbonyl (C=O) groups is 3. The van der Waals surface area contributed by atoms with Crippen LogP contribution in [0.15, 0.2) is 18.2 Å². The Morgan fingerprint density at radius 1 is 0.747 bits per heavy atom. The van der Waals surface area contributed by atoms with Crippen molar-refractivity contribution < 1.29 is 46.7 Å². The van der Waals surface area contributed by atoms with E-state index < -0.39 is 25.9 Å². The smallest absolute Gasteiger partial charge is 0.462 e. The van der Waals surface area contributed by atoms with E-state index in [9.17, 15) is 18.9 Å². The van der Waals surface area contributed by atoms with Gasteiger partial charge in [-0.15, -0.1) is 0 Å². The van der Waals surface area contributed by atoms with E-state index in [0.29, 0.717) is 37.3 Å². The molecule has 5 atom stereocenters. The molecular weight excluding hydrogens is 1020 g/mol. The lowest BCUT2D eigenvalue weighted by Crippen LogP contribution is -2.30. The highest BCUT2D eigenvalue weighted by molar-refractivity contribution is 7.48. The highest BCUT2D eigenvalue weighted by atomic mass is 31.2. The maximum atomic E-state index is 14.1. The van der Waals surface area contributed by atoms with Crippen molar-refractivity contribution in [2.45, 2.75) is 221 Å². The SMILES string of the molecule is CCCCCCCCCCCCCCCC(=O)OCC(COP(=O)(OC)OCCN(C)C)OC(=O)CCC1c2[nH]c(cc3nc(cc4[nH]c(cc5nc6c2CC(=O)C6=C5C)c(CC)c4C)C(C(C)OCCCCCC)=C3C)C1C. The molecule has 0 amide bonds. The highest BCUT2D eigenvalue weighted by Crippen LogP contribution is 2.49. The first-order valence-electron chi connectivity index (χ1n) is 30.1. The van der Waals surface area contributed by atoms with E-state index in [1.54, 1.807) is 0 Å². The first-order valence-corrected chi connectivity index (χ1v) is 31.6. The number of hydrogen-bond acceptors (Lipinski definition) is 13. The van der Waals surface area contributed by atoms with Gasteiger partial charge < -0.3 is 29.1 Å². The first-order chi connectivity index (χ1) is 38.0. The lowest BCUT2D eigenvalue weighted by atomic mass is 9.85. The molecule has 0 fully saturated rings. The second kappa shape index (κ2) is 31.6. The topological polar surface area (TPSA) is 184 Å². The van der Waals surface area contributed by atoms with Crippen molar-refractivity contribution >= 4 is 58.9 Å². The molecule has 0 radical (unpaired) electrons. The zero-order chi connectivity index (χ0) is 57.1. The number of phosphoric acid groups is 1. The van der Waals surface area contributed by atoms with Gasteiger partial charge in [0.2, 0.25) is 0 Å². The van der Waals surface area contributed by atoms with Crippen LogP contribution < -0.4 is 0 Å². The lowest BCUT2D eigenvalue weighted by molar-refractivity contribution is -0.161. The molecule has 2 aromatic heterocycles. The van der Waals surface area contributed by atoms with E-state index in [4.69, 9.17) is 37.7 Å². The number of allylic oxidation sites excluding steroid dienone is 3. The number of rotatable bonds is 36. The van der Waals surface area contributed by atoms with Crippen molar-refractivity contribution in [1.29, 1.82) is 0 Å². The van der Waals surface area contributed by atoms with Gasteiger partial charge in [0, 0.05) is 90.5 Å². The predicted molar refractivity (Wildman–Crippen MR) is 316 cm³/mol. The van der Waals surface area contributed by atoms with E-state index >= 15 is 0 Å². The molecule has 5 heterocycles. The third kappa shape index (κ3) is 17.7. The number of fused-ring (bicyclic) bond motifs is 8. The van der Waals surface area contributed by atoms with Gasteiger partial charge in [0.25, 0.3) is 0 Å². The molecule has 8 bridgehead atoms. The van der Waals surface area contributed by atoms with E-state index in [0.717, 1.165) is 112 Å². The molecule has 16 heteroatoms. The van der Waals surface area contributed by atoms with Crippen molar-refractivity contribution in [3.05, 3.63) is 69.1 Å². The summed E-state index contributed by atoms with van der Waals surface area (Å²) in [6.45, 7) is 17.6. The molecule has 0 spiro atoms. The van der Waals surface area contributed by atoms with Gasteiger partial charge in [-0.3, -0.25) is 28.0 Å².